The topological polar surface area (TPSA) is 16.1 Å². The van der Waals surface area contributed by atoms with E-state index in [0.717, 1.165) is 26.7 Å². The molecule has 17 heavy (non-hydrogen) atoms. The highest BCUT2D eigenvalue weighted by atomic mass is 32.6. The van der Waals surface area contributed by atoms with E-state index in [9.17, 15) is 0 Å². The Morgan fingerprint density at radius 2 is 2.41 bits per heavy atom. The zero-order valence-corrected chi connectivity index (χ0v) is 14.1. The average Bonchev–Trinajstić information content (AvgIpc) is 2.37. The van der Waals surface area contributed by atoms with Crippen LogP contribution in [0.3, 0.4) is 0 Å². The lowest BCUT2D eigenvalue weighted by Crippen LogP contribution is -2.25. The van der Waals surface area contributed by atoms with Gasteiger partial charge >= 0.3 is 0 Å². The Morgan fingerprint density at radius 1 is 1.59 bits per heavy atom. The molecule has 0 saturated carbocycles. The Hall–Kier alpha value is 0.410. The van der Waals surface area contributed by atoms with E-state index in [0.29, 0.717) is 0 Å². The van der Waals surface area contributed by atoms with Crippen molar-refractivity contribution in [3.8, 4) is 0 Å². The summed E-state index contributed by atoms with van der Waals surface area (Å²) in [6.45, 7) is 4.37. The molecule has 92 valence electrons. The van der Waals surface area contributed by atoms with Gasteiger partial charge in [0, 0.05) is 31.0 Å². The maximum absolute atomic E-state index is 4.48. The lowest BCUT2D eigenvalue weighted by atomic mass is 10.1. The standard InChI is InChI=1S/C11H18N2P4/c1-2-6-13-7-4-10-9(8-13)11(3-5-12-10)17(15)16-14/h3-5,7,16H,2,6,8,14-15H2,1H3. The van der Waals surface area contributed by atoms with E-state index in [4.69, 9.17) is 0 Å². The molecule has 0 saturated heterocycles. The van der Waals surface area contributed by atoms with Crippen LogP contribution in [0.1, 0.15) is 24.6 Å². The van der Waals surface area contributed by atoms with Crippen molar-refractivity contribution in [3.63, 3.8) is 0 Å². The van der Waals surface area contributed by atoms with Gasteiger partial charge in [0.25, 0.3) is 0 Å². The maximum Gasteiger partial charge on any atom is 0.0700 e. The van der Waals surface area contributed by atoms with Crippen molar-refractivity contribution in [1.29, 1.82) is 0 Å². The molecule has 1 aromatic rings. The molecule has 0 spiro atoms. The minimum absolute atomic E-state index is 0.110. The van der Waals surface area contributed by atoms with Crippen LogP contribution < -0.4 is 5.30 Å². The smallest absolute Gasteiger partial charge is 0.0700 e. The largest absolute Gasteiger partial charge is 0.373 e. The Kier molecular flexibility index (Phi) is 5.32. The van der Waals surface area contributed by atoms with Crippen molar-refractivity contribution in [2.45, 2.75) is 19.9 Å². The fraction of sp³-hybridized carbons (Fsp3) is 0.364. The first-order valence-electron chi connectivity index (χ1n) is 5.67. The van der Waals surface area contributed by atoms with Gasteiger partial charge in [-0.3, -0.25) is 4.98 Å². The molecule has 0 N–H and O–H groups in total. The summed E-state index contributed by atoms with van der Waals surface area (Å²) in [7, 11) is 6.67. The van der Waals surface area contributed by atoms with Crippen LogP contribution in [0, 0.1) is 0 Å². The second-order valence-corrected chi connectivity index (χ2v) is 13.1. The minimum atomic E-state index is -0.110. The molecule has 0 amide bonds. The summed E-state index contributed by atoms with van der Waals surface area (Å²) in [6.07, 6.45) is 7.46. The van der Waals surface area contributed by atoms with Gasteiger partial charge in [0.2, 0.25) is 0 Å². The molecule has 0 fully saturated rings. The van der Waals surface area contributed by atoms with E-state index >= 15 is 0 Å². The third kappa shape index (κ3) is 3.24. The number of aromatic nitrogens is 1. The Morgan fingerprint density at radius 3 is 3.12 bits per heavy atom. The molecular formula is C11H18N2P4. The molecule has 1 aliphatic rings. The summed E-state index contributed by atoms with van der Waals surface area (Å²) < 4.78 is 0. The van der Waals surface area contributed by atoms with Crippen LogP contribution in [0.5, 0.6) is 0 Å². The molecular weight excluding hydrogens is 284 g/mol. The van der Waals surface area contributed by atoms with Crippen molar-refractivity contribution in [3.05, 3.63) is 29.7 Å². The van der Waals surface area contributed by atoms with Gasteiger partial charge < -0.3 is 4.90 Å². The van der Waals surface area contributed by atoms with E-state index in [2.05, 4.69) is 53.0 Å². The quantitative estimate of drug-likeness (QED) is 0.791. The normalized spacial score (nSPS) is 16.5. The number of rotatable bonds is 4. The van der Waals surface area contributed by atoms with Crippen LogP contribution in [-0.2, 0) is 6.54 Å². The van der Waals surface area contributed by atoms with Crippen molar-refractivity contribution in [2.24, 2.45) is 0 Å². The highest BCUT2D eigenvalue weighted by Gasteiger charge is 2.17. The van der Waals surface area contributed by atoms with Crippen molar-refractivity contribution < 1.29 is 0 Å². The van der Waals surface area contributed by atoms with E-state index < -0.39 is 0 Å². The summed E-state index contributed by atoms with van der Waals surface area (Å²) in [5.41, 5.74) is 2.59. The number of nitrogens with zero attached hydrogens (tertiary/aromatic N) is 2. The van der Waals surface area contributed by atoms with E-state index in [1.165, 1.54) is 17.3 Å². The van der Waals surface area contributed by atoms with Crippen molar-refractivity contribution >= 4 is 44.5 Å². The number of fused-ring (bicyclic) bond motifs is 1. The molecule has 1 aliphatic heterocycles. The van der Waals surface area contributed by atoms with Gasteiger partial charge in [-0.1, -0.05) is 14.9 Å². The lowest BCUT2D eigenvalue weighted by Gasteiger charge is -2.27. The van der Waals surface area contributed by atoms with Crippen LogP contribution in [0.2, 0.25) is 0 Å². The first kappa shape index (κ1) is 13.8. The van der Waals surface area contributed by atoms with Crippen molar-refractivity contribution in [1.82, 2.24) is 9.88 Å². The predicted molar refractivity (Wildman–Crippen MR) is 88.3 cm³/mol. The Bertz CT molecular complexity index is 422. The number of pyridine rings is 1. The molecule has 0 bridgehead atoms. The van der Waals surface area contributed by atoms with E-state index in [1.54, 1.807) is 0 Å². The summed E-state index contributed by atoms with van der Waals surface area (Å²) >= 11 is 0. The highest BCUT2D eigenvalue weighted by Crippen LogP contribution is 2.65. The fourth-order valence-corrected chi connectivity index (χ4v) is 5.84. The number of hydrogen-bond donors (Lipinski definition) is 0. The van der Waals surface area contributed by atoms with Gasteiger partial charge in [-0.2, -0.15) is 0 Å². The second-order valence-electron chi connectivity index (χ2n) is 3.98. The predicted octanol–water partition coefficient (Wildman–Crippen LogP) is 3.56. The zero-order chi connectivity index (χ0) is 12.3. The fourth-order valence-electron chi connectivity index (χ4n) is 1.97. The number of hydrogen-bond acceptors (Lipinski definition) is 2. The third-order valence-corrected chi connectivity index (χ3v) is 12.9. The van der Waals surface area contributed by atoms with Crippen LogP contribution >= 0.6 is 33.1 Å². The van der Waals surface area contributed by atoms with Crippen molar-refractivity contribution in [2.75, 3.05) is 6.54 Å². The molecule has 4 atom stereocenters. The van der Waals surface area contributed by atoms with Gasteiger partial charge in [0.1, 0.15) is 0 Å². The van der Waals surface area contributed by atoms with Crippen LogP contribution in [0.4, 0.5) is 0 Å². The summed E-state index contributed by atoms with van der Waals surface area (Å²) in [4.78, 5) is 6.86. The molecule has 2 heterocycles. The average molecular weight is 302 g/mol. The van der Waals surface area contributed by atoms with E-state index in [-0.39, 0.29) is 7.30 Å². The summed E-state index contributed by atoms with van der Waals surface area (Å²) in [5.74, 6) is 0. The SMILES string of the molecule is CCCN1C=Cc2nccc(P(P)PP)c2C1. The third-order valence-electron chi connectivity index (χ3n) is 2.78. The van der Waals surface area contributed by atoms with Gasteiger partial charge in [-0.25, -0.2) is 0 Å². The summed E-state index contributed by atoms with van der Waals surface area (Å²) in [6, 6.07) is 2.19. The van der Waals surface area contributed by atoms with Gasteiger partial charge in [0.15, 0.2) is 0 Å². The Labute approximate surface area is 111 Å². The highest BCUT2D eigenvalue weighted by molar-refractivity contribution is 8.63. The monoisotopic (exact) mass is 302 g/mol. The Balaban J connectivity index is 2.32. The minimum Gasteiger partial charge on any atom is -0.373 e. The van der Waals surface area contributed by atoms with Gasteiger partial charge in [-0.05, 0) is 31.2 Å². The first-order valence-corrected chi connectivity index (χ1v) is 12.3. The molecule has 0 radical (unpaired) electrons. The molecule has 1 aromatic heterocycles. The summed E-state index contributed by atoms with van der Waals surface area (Å²) in [5, 5.41) is 1.49. The van der Waals surface area contributed by atoms with Crippen LogP contribution in [-0.4, -0.2) is 16.4 Å². The molecule has 0 aromatic carbocycles. The molecule has 0 aliphatic carbocycles. The molecule has 6 heteroatoms. The molecule has 2 nitrogen and oxygen atoms in total. The maximum atomic E-state index is 4.48. The van der Waals surface area contributed by atoms with Crippen LogP contribution in [0.15, 0.2) is 18.5 Å². The first-order chi connectivity index (χ1) is 8.26. The lowest BCUT2D eigenvalue weighted by molar-refractivity contribution is 0.367. The second kappa shape index (κ2) is 6.54. The van der Waals surface area contributed by atoms with Crippen LogP contribution in [0.25, 0.3) is 6.08 Å². The molecule has 2 rings (SSSR count). The zero-order valence-electron chi connectivity index (χ0n) is 9.93. The van der Waals surface area contributed by atoms with Gasteiger partial charge in [-0.15, -0.1) is 17.9 Å². The van der Waals surface area contributed by atoms with Gasteiger partial charge in [0.05, 0.1) is 5.69 Å². The molecule has 4 unspecified atom stereocenters. The van der Waals surface area contributed by atoms with E-state index in [1.807, 2.05) is 6.20 Å².